The molecule has 3 N–H and O–H groups in total. The molecule has 0 saturated heterocycles. The highest BCUT2D eigenvalue weighted by molar-refractivity contribution is 5.97. The number of ether oxygens (including phenoxy) is 2. The number of carbonyl (C=O) groups is 1. The van der Waals surface area contributed by atoms with Crippen LogP contribution in [0.2, 0.25) is 0 Å². The molecule has 3 rings (SSSR count). The van der Waals surface area contributed by atoms with Crippen LogP contribution in [0.1, 0.15) is 40.2 Å². The summed E-state index contributed by atoms with van der Waals surface area (Å²) in [5, 5.41) is 4.71. The van der Waals surface area contributed by atoms with Gasteiger partial charge in [-0.15, -0.1) is 0 Å². The molecule has 1 aromatic heterocycles. The van der Waals surface area contributed by atoms with E-state index in [0.717, 1.165) is 27.8 Å². The van der Waals surface area contributed by atoms with Crippen LogP contribution >= 0.6 is 0 Å². The van der Waals surface area contributed by atoms with Gasteiger partial charge in [0.1, 0.15) is 5.75 Å². The number of anilines is 1. The van der Waals surface area contributed by atoms with Crippen LogP contribution in [0.4, 0.5) is 10.5 Å². The Hall–Kier alpha value is -3.28. The van der Waals surface area contributed by atoms with Gasteiger partial charge in [-0.3, -0.25) is 0 Å². The van der Waals surface area contributed by atoms with Crippen LogP contribution < -0.4 is 20.5 Å². The molecule has 0 atom stereocenters. The Morgan fingerprint density at radius 3 is 2.43 bits per heavy atom. The third-order valence-corrected chi connectivity index (χ3v) is 4.70. The van der Waals surface area contributed by atoms with Crippen molar-refractivity contribution >= 4 is 22.6 Å². The number of amides is 1. The van der Waals surface area contributed by atoms with Gasteiger partial charge in [0.15, 0.2) is 0 Å². The summed E-state index contributed by atoms with van der Waals surface area (Å²) in [5.74, 6) is 1.03. The van der Waals surface area contributed by atoms with Crippen LogP contribution in [0.3, 0.4) is 0 Å². The van der Waals surface area contributed by atoms with Crippen molar-refractivity contribution in [2.75, 3.05) is 12.3 Å². The molecule has 0 saturated carbocycles. The predicted molar refractivity (Wildman–Crippen MR) is 120 cm³/mol. The first kappa shape index (κ1) is 21.4. The van der Waals surface area contributed by atoms with Crippen LogP contribution in [0.15, 0.2) is 54.7 Å². The lowest BCUT2D eigenvalue weighted by Crippen LogP contribution is -2.42. The molecule has 158 valence electrons. The van der Waals surface area contributed by atoms with E-state index in [1.165, 1.54) is 0 Å². The zero-order valence-corrected chi connectivity index (χ0v) is 18.2. The molecule has 3 aromatic rings. The van der Waals surface area contributed by atoms with Crippen molar-refractivity contribution < 1.29 is 14.3 Å². The Bertz CT molecular complexity index is 1050. The van der Waals surface area contributed by atoms with Crippen molar-refractivity contribution in [1.29, 1.82) is 0 Å². The van der Waals surface area contributed by atoms with Crippen molar-refractivity contribution in [1.82, 2.24) is 10.3 Å². The number of nitrogens with two attached hydrogens (primary N) is 1. The van der Waals surface area contributed by atoms with Gasteiger partial charge in [-0.1, -0.05) is 38.1 Å². The van der Waals surface area contributed by atoms with Gasteiger partial charge < -0.3 is 20.5 Å². The van der Waals surface area contributed by atoms with Crippen LogP contribution in [-0.2, 0) is 5.41 Å². The molecular formula is C24H29N3O3. The maximum atomic E-state index is 12.0. The summed E-state index contributed by atoms with van der Waals surface area (Å²) < 4.78 is 11.5. The number of aromatic nitrogens is 1. The summed E-state index contributed by atoms with van der Waals surface area (Å²) >= 11 is 0. The van der Waals surface area contributed by atoms with Crippen molar-refractivity contribution in [3.63, 3.8) is 0 Å². The summed E-state index contributed by atoms with van der Waals surface area (Å²) in [5.41, 5.74) is 7.03. The van der Waals surface area contributed by atoms with Crippen molar-refractivity contribution in [2.45, 2.75) is 45.6 Å². The molecule has 0 unspecified atom stereocenters. The monoisotopic (exact) mass is 407 g/mol. The number of pyridine rings is 1. The smallest absolute Gasteiger partial charge is 0.414 e. The minimum Gasteiger partial charge on any atom is -0.492 e. The number of nitrogens with one attached hydrogen (secondary N) is 1. The van der Waals surface area contributed by atoms with Crippen LogP contribution in [0.5, 0.6) is 11.6 Å². The van der Waals surface area contributed by atoms with E-state index in [1.54, 1.807) is 12.3 Å². The standard InChI is InChI=1S/C24H29N3O3/c1-23(2,3)27-22(28)30-21-14-16(12-13-26-21)24(4,5)15-29-20-11-10-19(25)17-8-6-7-9-18(17)20/h6-14H,15,25H2,1-5H3,(H,27,28). The number of hydrogen-bond acceptors (Lipinski definition) is 5. The first-order chi connectivity index (χ1) is 14.0. The molecule has 1 heterocycles. The van der Waals surface area contributed by atoms with Crippen molar-refractivity contribution in [2.24, 2.45) is 0 Å². The van der Waals surface area contributed by atoms with Gasteiger partial charge in [0, 0.05) is 39.7 Å². The maximum absolute atomic E-state index is 12.0. The number of rotatable bonds is 5. The van der Waals surface area contributed by atoms with E-state index in [0.29, 0.717) is 6.61 Å². The van der Waals surface area contributed by atoms with Gasteiger partial charge in [0.05, 0.1) is 6.61 Å². The van der Waals surface area contributed by atoms with E-state index in [-0.39, 0.29) is 16.8 Å². The fourth-order valence-corrected chi connectivity index (χ4v) is 3.07. The fraction of sp³-hybridized carbons (Fsp3) is 0.333. The molecule has 0 aliphatic heterocycles. The van der Waals surface area contributed by atoms with Gasteiger partial charge >= 0.3 is 6.09 Å². The molecule has 0 aliphatic rings. The third kappa shape index (κ3) is 5.20. The summed E-state index contributed by atoms with van der Waals surface area (Å²) in [4.78, 5) is 16.2. The number of benzene rings is 2. The molecule has 30 heavy (non-hydrogen) atoms. The average Bonchev–Trinajstić information content (AvgIpc) is 2.66. The Kier molecular flexibility index (Phi) is 5.87. The second kappa shape index (κ2) is 8.22. The normalized spacial score (nSPS) is 11.9. The Morgan fingerprint density at radius 1 is 1.03 bits per heavy atom. The van der Waals surface area contributed by atoms with Crippen molar-refractivity contribution in [3.8, 4) is 11.6 Å². The van der Waals surface area contributed by atoms with Crippen LogP contribution in [-0.4, -0.2) is 23.2 Å². The van der Waals surface area contributed by atoms with Crippen molar-refractivity contribution in [3.05, 3.63) is 60.3 Å². The van der Waals surface area contributed by atoms with Gasteiger partial charge in [-0.2, -0.15) is 0 Å². The molecule has 0 bridgehead atoms. The van der Waals surface area contributed by atoms with E-state index in [9.17, 15) is 4.79 Å². The number of carbonyl (C=O) groups excluding carboxylic acids is 1. The lowest BCUT2D eigenvalue weighted by atomic mass is 9.86. The highest BCUT2D eigenvalue weighted by Gasteiger charge is 2.24. The van der Waals surface area contributed by atoms with Gasteiger partial charge in [-0.25, -0.2) is 9.78 Å². The highest BCUT2D eigenvalue weighted by atomic mass is 16.6. The minimum absolute atomic E-state index is 0.250. The Balaban J connectivity index is 1.75. The third-order valence-electron chi connectivity index (χ3n) is 4.70. The molecule has 1 amide bonds. The molecular weight excluding hydrogens is 378 g/mol. The largest absolute Gasteiger partial charge is 0.492 e. The zero-order valence-electron chi connectivity index (χ0n) is 18.2. The molecule has 6 heteroatoms. The van der Waals surface area contributed by atoms with E-state index in [1.807, 2.05) is 63.2 Å². The van der Waals surface area contributed by atoms with E-state index >= 15 is 0 Å². The zero-order chi connectivity index (χ0) is 21.9. The quantitative estimate of drug-likeness (QED) is 0.577. The Labute approximate surface area is 177 Å². The first-order valence-electron chi connectivity index (χ1n) is 9.92. The number of nitrogen functional groups attached to an aromatic ring is 1. The number of fused-ring (bicyclic) bond motifs is 1. The molecule has 0 aliphatic carbocycles. The molecule has 0 spiro atoms. The molecule has 2 aromatic carbocycles. The van der Waals surface area contributed by atoms with Gasteiger partial charge in [0.25, 0.3) is 0 Å². The topological polar surface area (TPSA) is 86.5 Å². The minimum atomic E-state index is -0.533. The summed E-state index contributed by atoms with van der Waals surface area (Å²) in [6.45, 7) is 10.2. The number of hydrogen-bond donors (Lipinski definition) is 2. The molecule has 0 radical (unpaired) electrons. The van der Waals surface area contributed by atoms with Gasteiger partial charge in [0.2, 0.25) is 5.88 Å². The summed E-state index contributed by atoms with van der Waals surface area (Å²) in [6, 6.07) is 15.3. The molecule has 6 nitrogen and oxygen atoms in total. The summed E-state index contributed by atoms with van der Waals surface area (Å²) in [6.07, 6.45) is 1.10. The second-order valence-electron chi connectivity index (χ2n) is 9.02. The highest BCUT2D eigenvalue weighted by Crippen LogP contribution is 2.32. The molecule has 0 fully saturated rings. The lowest BCUT2D eigenvalue weighted by molar-refractivity contribution is 0.188. The summed E-state index contributed by atoms with van der Waals surface area (Å²) in [7, 11) is 0. The van der Waals surface area contributed by atoms with E-state index < -0.39 is 6.09 Å². The SMILES string of the molecule is CC(C)(C)NC(=O)Oc1cc(C(C)(C)COc2ccc(N)c3ccccc23)ccn1. The van der Waals surface area contributed by atoms with E-state index in [4.69, 9.17) is 15.2 Å². The lowest BCUT2D eigenvalue weighted by Gasteiger charge is -2.26. The predicted octanol–water partition coefficient (Wildman–Crippen LogP) is 5.06. The average molecular weight is 408 g/mol. The van der Waals surface area contributed by atoms with Crippen LogP contribution in [0.25, 0.3) is 10.8 Å². The van der Waals surface area contributed by atoms with E-state index in [2.05, 4.69) is 24.1 Å². The fourth-order valence-electron chi connectivity index (χ4n) is 3.07. The second-order valence-corrected chi connectivity index (χ2v) is 9.02. The first-order valence-corrected chi connectivity index (χ1v) is 9.92. The number of nitrogens with zero attached hydrogens (tertiary/aromatic N) is 1. The van der Waals surface area contributed by atoms with Gasteiger partial charge in [-0.05, 0) is 44.5 Å². The Morgan fingerprint density at radius 2 is 1.73 bits per heavy atom. The maximum Gasteiger partial charge on any atom is 0.414 e. The van der Waals surface area contributed by atoms with Crippen LogP contribution in [0, 0.1) is 0 Å².